The molecular weight excluding hydrogens is 498 g/mol. The normalized spacial score (nSPS) is 12.5. The molecule has 1 atom stereocenters. The summed E-state index contributed by atoms with van der Waals surface area (Å²) in [5, 5.41) is 0. The first-order chi connectivity index (χ1) is 18.2. The SMILES string of the molecule is CCCCCCCCCCCCCCCCCCSSCCCO[C@H](C)Cn1cnc2c(N)ncnc21. The molecule has 2 heterocycles. The van der Waals surface area contributed by atoms with Crippen LogP contribution in [0.3, 0.4) is 0 Å². The fourth-order valence-corrected chi connectivity index (χ4v) is 6.80. The number of nitrogens with two attached hydrogens (primary N) is 1. The second kappa shape index (κ2) is 21.9. The molecule has 8 heteroatoms. The standard InChI is InChI=1S/C29H53N5OS2/c1-3-4-5-6-7-8-9-10-11-12-13-14-15-16-17-18-21-36-37-22-19-20-35-26(2)23-34-25-33-27-28(30)31-24-32-29(27)34/h24-26H,3-23H2,1-2H3,(H2,30,31,32)/t26-/m1/s1. The summed E-state index contributed by atoms with van der Waals surface area (Å²) in [6.45, 7) is 5.89. The highest BCUT2D eigenvalue weighted by molar-refractivity contribution is 8.76. The molecule has 2 N–H and O–H groups in total. The molecule has 2 aromatic rings. The molecule has 37 heavy (non-hydrogen) atoms. The molecule has 0 unspecified atom stereocenters. The van der Waals surface area contributed by atoms with E-state index in [2.05, 4.69) is 28.8 Å². The first-order valence-electron chi connectivity index (χ1n) is 15.0. The maximum atomic E-state index is 5.99. The van der Waals surface area contributed by atoms with E-state index in [9.17, 15) is 0 Å². The Hall–Kier alpha value is -0.990. The van der Waals surface area contributed by atoms with Crippen LogP contribution >= 0.6 is 21.6 Å². The van der Waals surface area contributed by atoms with Gasteiger partial charge in [0, 0.05) is 18.1 Å². The molecule has 0 radical (unpaired) electrons. The molecule has 0 aliphatic rings. The summed E-state index contributed by atoms with van der Waals surface area (Å²) in [5.41, 5.74) is 7.29. The van der Waals surface area contributed by atoms with Crippen molar-refractivity contribution in [3.8, 4) is 0 Å². The molecule has 6 nitrogen and oxygen atoms in total. The van der Waals surface area contributed by atoms with Crippen molar-refractivity contribution in [2.24, 2.45) is 0 Å². The van der Waals surface area contributed by atoms with Gasteiger partial charge in [0.15, 0.2) is 11.5 Å². The van der Waals surface area contributed by atoms with Gasteiger partial charge < -0.3 is 15.0 Å². The van der Waals surface area contributed by atoms with E-state index in [1.165, 1.54) is 115 Å². The number of aromatic nitrogens is 4. The van der Waals surface area contributed by atoms with Crippen molar-refractivity contribution >= 4 is 38.6 Å². The van der Waals surface area contributed by atoms with Crippen molar-refractivity contribution in [2.75, 3.05) is 23.8 Å². The van der Waals surface area contributed by atoms with Gasteiger partial charge in [0.25, 0.3) is 0 Å². The van der Waals surface area contributed by atoms with Crippen LogP contribution in [-0.2, 0) is 11.3 Å². The van der Waals surface area contributed by atoms with Gasteiger partial charge in [0.2, 0.25) is 0 Å². The number of ether oxygens (including phenoxy) is 1. The van der Waals surface area contributed by atoms with Gasteiger partial charge in [0.05, 0.1) is 19.0 Å². The largest absolute Gasteiger partial charge is 0.382 e. The number of anilines is 1. The van der Waals surface area contributed by atoms with E-state index >= 15 is 0 Å². The van der Waals surface area contributed by atoms with Gasteiger partial charge in [0.1, 0.15) is 11.8 Å². The van der Waals surface area contributed by atoms with Crippen molar-refractivity contribution < 1.29 is 4.74 Å². The van der Waals surface area contributed by atoms with Crippen LogP contribution in [0, 0.1) is 0 Å². The fourth-order valence-electron chi connectivity index (χ4n) is 4.59. The quantitative estimate of drug-likeness (QED) is 0.0975. The molecule has 2 rings (SSSR count). The number of imidazole rings is 1. The van der Waals surface area contributed by atoms with Crippen LogP contribution in [0.25, 0.3) is 11.2 Å². The number of fused-ring (bicyclic) bond motifs is 1. The van der Waals surface area contributed by atoms with E-state index in [1.807, 2.05) is 26.2 Å². The lowest BCUT2D eigenvalue weighted by atomic mass is 10.0. The Balaban J connectivity index is 1.28. The Morgan fingerprint density at radius 3 is 1.89 bits per heavy atom. The van der Waals surface area contributed by atoms with E-state index in [0.29, 0.717) is 17.9 Å². The lowest BCUT2D eigenvalue weighted by molar-refractivity contribution is 0.0559. The number of hydrogen-bond acceptors (Lipinski definition) is 7. The first-order valence-corrected chi connectivity index (χ1v) is 17.5. The van der Waals surface area contributed by atoms with E-state index in [1.54, 1.807) is 6.33 Å². The second-order valence-corrected chi connectivity index (χ2v) is 13.0. The second-order valence-electron chi connectivity index (χ2n) is 10.3. The third-order valence-electron chi connectivity index (χ3n) is 6.82. The lowest BCUT2D eigenvalue weighted by Gasteiger charge is -2.14. The fraction of sp³-hybridized carbons (Fsp3) is 0.828. The summed E-state index contributed by atoms with van der Waals surface area (Å²) < 4.78 is 7.98. The maximum absolute atomic E-state index is 5.99. The van der Waals surface area contributed by atoms with Crippen molar-refractivity contribution in [3.05, 3.63) is 12.7 Å². The molecule has 2 aromatic heterocycles. The molecule has 0 saturated heterocycles. The summed E-state index contributed by atoms with van der Waals surface area (Å²) in [7, 11) is 4.02. The zero-order valence-electron chi connectivity index (χ0n) is 23.7. The molecule has 0 spiro atoms. The number of hydrogen-bond donors (Lipinski definition) is 1. The van der Waals surface area contributed by atoms with Crippen molar-refractivity contribution in [2.45, 2.75) is 136 Å². The molecule has 0 fully saturated rings. The predicted molar refractivity (Wildman–Crippen MR) is 164 cm³/mol. The number of rotatable bonds is 25. The van der Waals surface area contributed by atoms with Crippen molar-refractivity contribution in [3.63, 3.8) is 0 Å². The van der Waals surface area contributed by atoms with E-state index < -0.39 is 0 Å². The molecule has 212 valence electrons. The average Bonchev–Trinajstić information content (AvgIpc) is 3.31. The molecule has 0 bridgehead atoms. The van der Waals surface area contributed by atoms with Crippen LogP contribution in [0.4, 0.5) is 5.82 Å². The molecule has 0 aliphatic carbocycles. The summed E-state index contributed by atoms with van der Waals surface area (Å²) in [5.74, 6) is 2.85. The Kier molecular flexibility index (Phi) is 19.1. The Morgan fingerprint density at radius 2 is 1.30 bits per heavy atom. The minimum absolute atomic E-state index is 0.108. The van der Waals surface area contributed by atoms with Crippen molar-refractivity contribution in [1.29, 1.82) is 0 Å². The third kappa shape index (κ3) is 15.3. The maximum Gasteiger partial charge on any atom is 0.165 e. The Labute approximate surface area is 234 Å². The van der Waals surface area contributed by atoms with Gasteiger partial charge in [-0.25, -0.2) is 15.0 Å². The van der Waals surface area contributed by atoms with Crippen LogP contribution in [0.2, 0.25) is 0 Å². The Morgan fingerprint density at radius 1 is 0.757 bits per heavy atom. The molecule has 0 amide bonds. The average molecular weight is 552 g/mol. The van der Waals surface area contributed by atoms with Crippen LogP contribution in [0.15, 0.2) is 12.7 Å². The van der Waals surface area contributed by atoms with Gasteiger partial charge in [-0.3, -0.25) is 0 Å². The Bertz CT molecular complexity index is 804. The van der Waals surface area contributed by atoms with Crippen LogP contribution in [0.5, 0.6) is 0 Å². The topological polar surface area (TPSA) is 78.9 Å². The van der Waals surface area contributed by atoms with Crippen LogP contribution in [0.1, 0.15) is 123 Å². The zero-order chi connectivity index (χ0) is 26.4. The van der Waals surface area contributed by atoms with Crippen LogP contribution < -0.4 is 5.73 Å². The predicted octanol–water partition coefficient (Wildman–Crippen LogP) is 8.85. The highest BCUT2D eigenvalue weighted by Gasteiger charge is 2.10. The van der Waals surface area contributed by atoms with E-state index in [0.717, 1.165) is 24.4 Å². The van der Waals surface area contributed by atoms with Gasteiger partial charge in [-0.2, -0.15) is 0 Å². The number of nitrogen functional groups attached to an aromatic ring is 1. The smallest absolute Gasteiger partial charge is 0.165 e. The molecular formula is C29H53N5OS2. The first kappa shape index (κ1) is 32.2. The van der Waals surface area contributed by atoms with Gasteiger partial charge in [-0.15, -0.1) is 0 Å². The highest BCUT2D eigenvalue weighted by Crippen LogP contribution is 2.24. The summed E-state index contributed by atoms with van der Waals surface area (Å²) >= 11 is 0. The lowest BCUT2D eigenvalue weighted by Crippen LogP contribution is -2.17. The number of unbranched alkanes of at least 4 members (excludes halogenated alkanes) is 15. The van der Waals surface area contributed by atoms with E-state index in [4.69, 9.17) is 10.5 Å². The zero-order valence-corrected chi connectivity index (χ0v) is 25.3. The molecule has 0 aliphatic heterocycles. The minimum atomic E-state index is 0.108. The van der Waals surface area contributed by atoms with Gasteiger partial charge in [-0.05, 0) is 19.8 Å². The minimum Gasteiger partial charge on any atom is -0.382 e. The number of nitrogens with zero attached hydrogens (tertiary/aromatic N) is 4. The molecule has 0 aromatic carbocycles. The molecule has 0 saturated carbocycles. The van der Waals surface area contributed by atoms with Crippen molar-refractivity contribution in [1.82, 2.24) is 19.5 Å². The highest BCUT2D eigenvalue weighted by atomic mass is 33.1. The monoisotopic (exact) mass is 551 g/mol. The van der Waals surface area contributed by atoms with E-state index in [-0.39, 0.29) is 6.10 Å². The van der Waals surface area contributed by atoms with Gasteiger partial charge >= 0.3 is 0 Å². The van der Waals surface area contributed by atoms with Gasteiger partial charge in [-0.1, -0.05) is 125 Å². The third-order valence-corrected chi connectivity index (χ3v) is 9.40. The summed E-state index contributed by atoms with van der Waals surface area (Å²) in [4.78, 5) is 12.6. The summed E-state index contributed by atoms with van der Waals surface area (Å²) in [6, 6.07) is 0. The summed E-state index contributed by atoms with van der Waals surface area (Å²) in [6.07, 6.45) is 27.4. The van der Waals surface area contributed by atoms with Crippen LogP contribution in [-0.4, -0.2) is 43.7 Å².